The first-order valence-electron chi connectivity index (χ1n) is 6.51. The summed E-state index contributed by atoms with van der Waals surface area (Å²) < 4.78 is 5.32. The van der Waals surface area contributed by atoms with Gasteiger partial charge in [0.2, 0.25) is 0 Å². The van der Waals surface area contributed by atoms with Crippen molar-refractivity contribution in [2.45, 2.75) is 39.0 Å². The fourth-order valence-corrected chi connectivity index (χ4v) is 2.32. The van der Waals surface area contributed by atoms with Gasteiger partial charge in [-0.15, -0.1) is 0 Å². The highest BCUT2D eigenvalue weighted by molar-refractivity contribution is 5.25. The molecule has 0 fully saturated rings. The SMILES string of the molecule is COC(C)CN(C)C(c1ccc(C)cc1)C(C)N. The normalized spacial score (nSPS) is 16.6. The summed E-state index contributed by atoms with van der Waals surface area (Å²) in [7, 11) is 3.84. The summed E-state index contributed by atoms with van der Waals surface area (Å²) in [6.45, 7) is 7.10. The third-order valence-corrected chi connectivity index (χ3v) is 3.34. The van der Waals surface area contributed by atoms with Crippen molar-refractivity contribution < 1.29 is 4.74 Å². The van der Waals surface area contributed by atoms with Crippen molar-refractivity contribution in [2.24, 2.45) is 5.73 Å². The third kappa shape index (κ3) is 4.09. The minimum absolute atomic E-state index is 0.0850. The van der Waals surface area contributed by atoms with Gasteiger partial charge in [0.05, 0.1) is 6.10 Å². The monoisotopic (exact) mass is 250 g/mol. The number of aryl methyl sites for hydroxylation is 1. The molecule has 1 aromatic carbocycles. The smallest absolute Gasteiger partial charge is 0.0670 e. The summed E-state index contributed by atoms with van der Waals surface area (Å²) in [5.74, 6) is 0. The molecule has 0 amide bonds. The molecule has 3 nitrogen and oxygen atoms in total. The van der Waals surface area contributed by atoms with Crippen molar-refractivity contribution in [1.29, 1.82) is 0 Å². The Bertz CT molecular complexity index is 348. The van der Waals surface area contributed by atoms with Gasteiger partial charge in [-0.05, 0) is 33.4 Å². The highest BCUT2D eigenvalue weighted by atomic mass is 16.5. The summed E-state index contributed by atoms with van der Waals surface area (Å²) in [4.78, 5) is 2.27. The lowest BCUT2D eigenvalue weighted by atomic mass is 9.98. The average Bonchev–Trinajstić information content (AvgIpc) is 2.31. The van der Waals surface area contributed by atoms with Gasteiger partial charge in [-0.1, -0.05) is 29.8 Å². The number of hydrogen-bond acceptors (Lipinski definition) is 3. The van der Waals surface area contributed by atoms with Crippen molar-refractivity contribution in [3.8, 4) is 0 Å². The molecule has 0 radical (unpaired) electrons. The van der Waals surface area contributed by atoms with E-state index in [1.807, 2.05) is 0 Å². The minimum atomic E-state index is 0.0850. The Balaban J connectivity index is 2.85. The van der Waals surface area contributed by atoms with Crippen LogP contribution in [-0.2, 0) is 4.74 Å². The summed E-state index contributed by atoms with van der Waals surface area (Å²) in [6.07, 6.45) is 0.210. The van der Waals surface area contributed by atoms with Crippen LogP contribution in [-0.4, -0.2) is 37.7 Å². The fourth-order valence-electron chi connectivity index (χ4n) is 2.32. The molecule has 0 spiro atoms. The minimum Gasteiger partial charge on any atom is -0.380 e. The zero-order chi connectivity index (χ0) is 13.7. The van der Waals surface area contributed by atoms with Crippen LogP contribution in [0.5, 0.6) is 0 Å². The van der Waals surface area contributed by atoms with E-state index in [4.69, 9.17) is 10.5 Å². The first-order valence-corrected chi connectivity index (χ1v) is 6.51. The number of benzene rings is 1. The van der Waals surface area contributed by atoms with Crippen molar-refractivity contribution in [3.05, 3.63) is 35.4 Å². The van der Waals surface area contributed by atoms with Crippen LogP contribution >= 0.6 is 0 Å². The zero-order valence-corrected chi connectivity index (χ0v) is 12.2. The van der Waals surface area contributed by atoms with Crippen LogP contribution in [0.4, 0.5) is 0 Å². The largest absolute Gasteiger partial charge is 0.380 e. The van der Waals surface area contributed by atoms with E-state index in [2.05, 4.69) is 57.0 Å². The molecule has 0 bridgehead atoms. The molecule has 0 aliphatic carbocycles. The van der Waals surface area contributed by atoms with E-state index in [0.29, 0.717) is 0 Å². The third-order valence-electron chi connectivity index (χ3n) is 3.34. The second-order valence-corrected chi connectivity index (χ2v) is 5.20. The highest BCUT2D eigenvalue weighted by Gasteiger charge is 2.22. The molecule has 3 unspecified atom stereocenters. The Hall–Kier alpha value is -0.900. The van der Waals surface area contributed by atoms with Crippen molar-refractivity contribution >= 4 is 0 Å². The topological polar surface area (TPSA) is 38.5 Å². The Kier molecular flexibility index (Phi) is 5.79. The maximum absolute atomic E-state index is 6.14. The van der Waals surface area contributed by atoms with Gasteiger partial charge in [0.15, 0.2) is 0 Å². The molecular weight excluding hydrogens is 224 g/mol. The molecule has 2 N–H and O–H groups in total. The molecule has 3 atom stereocenters. The first kappa shape index (κ1) is 15.2. The number of nitrogens with zero attached hydrogens (tertiary/aromatic N) is 1. The van der Waals surface area contributed by atoms with Crippen LogP contribution in [0.1, 0.15) is 31.0 Å². The molecule has 102 valence electrons. The van der Waals surface area contributed by atoms with E-state index >= 15 is 0 Å². The molecule has 3 heteroatoms. The molecule has 0 saturated carbocycles. The second kappa shape index (κ2) is 6.88. The van der Waals surface area contributed by atoms with Crippen LogP contribution in [0, 0.1) is 6.92 Å². The van der Waals surface area contributed by atoms with Gasteiger partial charge in [0.25, 0.3) is 0 Å². The summed E-state index contributed by atoms with van der Waals surface area (Å²) >= 11 is 0. The second-order valence-electron chi connectivity index (χ2n) is 5.20. The van der Waals surface area contributed by atoms with Gasteiger partial charge in [-0.2, -0.15) is 0 Å². The van der Waals surface area contributed by atoms with E-state index in [0.717, 1.165) is 6.54 Å². The van der Waals surface area contributed by atoms with E-state index < -0.39 is 0 Å². The lowest BCUT2D eigenvalue weighted by Crippen LogP contribution is -2.40. The summed E-state index contributed by atoms with van der Waals surface area (Å²) in [5.41, 5.74) is 8.68. The van der Waals surface area contributed by atoms with Crippen molar-refractivity contribution in [2.75, 3.05) is 20.7 Å². The van der Waals surface area contributed by atoms with Gasteiger partial charge in [0.1, 0.15) is 0 Å². The Morgan fingerprint density at radius 3 is 2.22 bits per heavy atom. The molecule has 1 rings (SSSR count). The molecule has 0 aliphatic rings. The average molecular weight is 250 g/mol. The lowest BCUT2D eigenvalue weighted by Gasteiger charge is -2.33. The van der Waals surface area contributed by atoms with Gasteiger partial charge in [-0.25, -0.2) is 0 Å². The first-order chi connectivity index (χ1) is 8.45. The van der Waals surface area contributed by atoms with Crippen molar-refractivity contribution in [1.82, 2.24) is 4.90 Å². The molecular formula is C15H26N2O. The number of nitrogens with two attached hydrogens (primary N) is 1. The number of methoxy groups -OCH3 is 1. The predicted octanol–water partition coefficient (Wildman–Crippen LogP) is 2.35. The highest BCUT2D eigenvalue weighted by Crippen LogP contribution is 2.23. The van der Waals surface area contributed by atoms with Crippen LogP contribution < -0.4 is 5.73 Å². The number of rotatable bonds is 6. The quantitative estimate of drug-likeness (QED) is 0.842. The van der Waals surface area contributed by atoms with Crippen LogP contribution in [0.15, 0.2) is 24.3 Å². The number of hydrogen-bond donors (Lipinski definition) is 1. The Morgan fingerprint density at radius 1 is 1.22 bits per heavy atom. The van der Waals surface area contributed by atoms with Gasteiger partial charge in [0, 0.05) is 25.7 Å². The summed E-state index contributed by atoms with van der Waals surface area (Å²) in [6, 6.07) is 8.91. The predicted molar refractivity (Wildman–Crippen MR) is 76.7 cm³/mol. The molecule has 0 saturated heterocycles. The van der Waals surface area contributed by atoms with Crippen molar-refractivity contribution in [3.63, 3.8) is 0 Å². The molecule has 1 aromatic rings. The number of likely N-dealkylation sites (N-methyl/N-ethyl adjacent to an activating group) is 1. The maximum Gasteiger partial charge on any atom is 0.0670 e. The van der Waals surface area contributed by atoms with E-state index in [1.54, 1.807) is 7.11 Å². The van der Waals surface area contributed by atoms with Crippen LogP contribution in [0.25, 0.3) is 0 Å². The maximum atomic E-state index is 6.14. The lowest BCUT2D eigenvalue weighted by molar-refractivity contribution is 0.0674. The van der Waals surface area contributed by atoms with E-state index in [1.165, 1.54) is 11.1 Å². The Labute approximate surface area is 111 Å². The Morgan fingerprint density at radius 2 is 1.78 bits per heavy atom. The van der Waals surface area contributed by atoms with Gasteiger partial charge in [-0.3, -0.25) is 4.90 Å². The molecule has 18 heavy (non-hydrogen) atoms. The molecule has 0 heterocycles. The molecule has 0 aliphatic heterocycles. The standard InChI is InChI=1S/C15H26N2O/c1-11-6-8-14(9-7-11)15(13(3)16)17(4)10-12(2)18-5/h6-9,12-13,15H,10,16H2,1-5H3. The van der Waals surface area contributed by atoms with Gasteiger partial charge < -0.3 is 10.5 Å². The van der Waals surface area contributed by atoms with Crippen LogP contribution in [0.2, 0.25) is 0 Å². The van der Waals surface area contributed by atoms with E-state index in [-0.39, 0.29) is 18.2 Å². The zero-order valence-electron chi connectivity index (χ0n) is 12.2. The van der Waals surface area contributed by atoms with Gasteiger partial charge >= 0.3 is 0 Å². The molecule has 0 aromatic heterocycles. The fraction of sp³-hybridized carbons (Fsp3) is 0.600. The number of ether oxygens (including phenoxy) is 1. The summed E-state index contributed by atoms with van der Waals surface area (Å²) in [5, 5.41) is 0. The van der Waals surface area contributed by atoms with Crippen LogP contribution in [0.3, 0.4) is 0 Å². The van der Waals surface area contributed by atoms with E-state index in [9.17, 15) is 0 Å².